The SMILES string of the molecule is CN(C(=O)C1CCC1)C1CCCN(CC(=O)Nc2cc(C(F)(F)F)ccc2Cl)C1. The van der Waals surface area contributed by atoms with Gasteiger partial charge in [-0.25, -0.2) is 0 Å². The molecule has 1 aliphatic carbocycles. The molecule has 29 heavy (non-hydrogen) atoms. The molecule has 1 aliphatic heterocycles. The highest BCUT2D eigenvalue weighted by Gasteiger charge is 2.33. The topological polar surface area (TPSA) is 52.7 Å². The minimum absolute atomic E-state index is 0.0362. The average Bonchev–Trinajstić information content (AvgIpc) is 2.60. The van der Waals surface area contributed by atoms with Crippen molar-refractivity contribution in [1.29, 1.82) is 0 Å². The van der Waals surface area contributed by atoms with Crippen LogP contribution in [0.15, 0.2) is 18.2 Å². The minimum Gasteiger partial charge on any atom is -0.341 e. The fourth-order valence-corrected chi connectivity index (χ4v) is 3.97. The lowest BCUT2D eigenvalue weighted by Crippen LogP contribution is -2.51. The Hall–Kier alpha value is -1.80. The van der Waals surface area contributed by atoms with Gasteiger partial charge in [-0.3, -0.25) is 14.5 Å². The maximum absolute atomic E-state index is 12.9. The van der Waals surface area contributed by atoms with Gasteiger partial charge in [-0.2, -0.15) is 13.2 Å². The minimum atomic E-state index is -4.51. The van der Waals surface area contributed by atoms with Gasteiger partial charge in [-0.15, -0.1) is 0 Å². The first kappa shape index (κ1) is 21.9. The summed E-state index contributed by atoms with van der Waals surface area (Å²) in [5.41, 5.74) is -0.927. The number of likely N-dealkylation sites (N-methyl/N-ethyl adjacent to an activating group) is 1. The smallest absolute Gasteiger partial charge is 0.341 e. The predicted octanol–water partition coefficient (Wildman–Crippen LogP) is 4.02. The summed E-state index contributed by atoms with van der Waals surface area (Å²) in [5, 5.41) is 2.53. The first-order valence-electron chi connectivity index (χ1n) is 9.81. The largest absolute Gasteiger partial charge is 0.416 e. The van der Waals surface area contributed by atoms with Crippen LogP contribution in [0.5, 0.6) is 0 Å². The number of likely N-dealkylation sites (tertiary alicyclic amines) is 1. The highest BCUT2D eigenvalue weighted by molar-refractivity contribution is 6.33. The molecule has 0 radical (unpaired) electrons. The van der Waals surface area contributed by atoms with Gasteiger partial charge in [-0.1, -0.05) is 18.0 Å². The number of nitrogens with zero attached hydrogens (tertiary/aromatic N) is 2. The van der Waals surface area contributed by atoms with Crippen molar-refractivity contribution in [2.24, 2.45) is 5.92 Å². The zero-order valence-electron chi connectivity index (χ0n) is 16.3. The summed E-state index contributed by atoms with van der Waals surface area (Å²) in [7, 11) is 1.82. The first-order chi connectivity index (χ1) is 13.6. The Labute approximate surface area is 173 Å². The predicted molar refractivity (Wildman–Crippen MR) is 105 cm³/mol. The Balaban J connectivity index is 1.57. The molecule has 1 saturated heterocycles. The molecule has 2 fully saturated rings. The van der Waals surface area contributed by atoms with E-state index in [0.717, 1.165) is 50.3 Å². The highest BCUT2D eigenvalue weighted by atomic mass is 35.5. The number of piperidine rings is 1. The quantitative estimate of drug-likeness (QED) is 0.766. The maximum atomic E-state index is 12.9. The molecule has 1 N–H and O–H groups in total. The van der Waals surface area contributed by atoms with Gasteiger partial charge in [0.25, 0.3) is 0 Å². The molecular weight excluding hydrogens is 407 g/mol. The molecule has 3 rings (SSSR count). The number of amides is 2. The Bertz CT molecular complexity index is 768. The number of anilines is 1. The molecule has 2 aliphatic rings. The zero-order chi connectivity index (χ0) is 21.2. The lowest BCUT2D eigenvalue weighted by Gasteiger charge is -2.39. The lowest BCUT2D eigenvalue weighted by molar-refractivity contribution is -0.140. The molecule has 1 aromatic rings. The molecule has 9 heteroatoms. The van der Waals surface area contributed by atoms with Crippen LogP contribution in [0.4, 0.5) is 18.9 Å². The van der Waals surface area contributed by atoms with Gasteiger partial charge in [0, 0.05) is 25.6 Å². The number of carbonyl (C=O) groups is 2. The van der Waals surface area contributed by atoms with E-state index >= 15 is 0 Å². The van der Waals surface area contributed by atoms with E-state index in [1.54, 1.807) is 4.90 Å². The highest BCUT2D eigenvalue weighted by Crippen LogP contribution is 2.34. The lowest BCUT2D eigenvalue weighted by atomic mass is 9.84. The number of nitrogens with one attached hydrogen (secondary N) is 1. The first-order valence-corrected chi connectivity index (χ1v) is 10.2. The molecule has 0 bridgehead atoms. The summed E-state index contributed by atoms with van der Waals surface area (Å²) in [4.78, 5) is 28.6. The summed E-state index contributed by atoms with van der Waals surface area (Å²) in [6.07, 6.45) is 0.206. The molecular formula is C20H25ClF3N3O2. The summed E-state index contributed by atoms with van der Waals surface area (Å²) in [6, 6.07) is 2.88. The third-order valence-corrected chi connectivity index (χ3v) is 6.09. The van der Waals surface area contributed by atoms with Gasteiger partial charge < -0.3 is 10.2 Å². The van der Waals surface area contributed by atoms with Gasteiger partial charge in [0.1, 0.15) is 0 Å². The van der Waals surface area contributed by atoms with Crippen LogP contribution in [0, 0.1) is 5.92 Å². The summed E-state index contributed by atoms with van der Waals surface area (Å²) >= 11 is 5.94. The van der Waals surface area contributed by atoms with Crippen molar-refractivity contribution in [2.75, 3.05) is 32.0 Å². The third-order valence-electron chi connectivity index (χ3n) is 5.77. The van der Waals surface area contributed by atoms with Crippen molar-refractivity contribution < 1.29 is 22.8 Å². The van der Waals surface area contributed by atoms with E-state index in [0.29, 0.717) is 13.1 Å². The molecule has 0 spiro atoms. The van der Waals surface area contributed by atoms with E-state index in [1.807, 2.05) is 11.9 Å². The van der Waals surface area contributed by atoms with Crippen molar-refractivity contribution >= 4 is 29.1 Å². The molecule has 1 atom stereocenters. The molecule has 1 heterocycles. The van der Waals surface area contributed by atoms with Crippen LogP contribution in [-0.2, 0) is 15.8 Å². The van der Waals surface area contributed by atoms with Gasteiger partial charge in [0.15, 0.2) is 0 Å². The third kappa shape index (κ3) is 5.42. The Morgan fingerprint density at radius 1 is 1.24 bits per heavy atom. The second-order valence-corrected chi connectivity index (χ2v) is 8.26. The fraction of sp³-hybridized carbons (Fsp3) is 0.600. The molecule has 0 aromatic heterocycles. The summed E-state index contributed by atoms with van der Waals surface area (Å²) in [5.74, 6) is -0.134. The number of carbonyl (C=O) groups excluding carboxylic acids is 2. The number of hydrogen-bond donors (Lipinski definition) is 1. The van der Waals surface area contributed by atoms with E-state index in [1.165, 1.54) is 0 Å². The van der Waals surface area contributed by atoms with E-state index in [4.69, 9.17) is 11.6 Å². The second kappa shape index (κ2) is 8.92. The van der Waals surface area contributed by atoms with Crippen LogP contribution in [0.2, 0.25) is 5.02 Å². The number of alkyl halides is 3. The Kier molecular flexibility index (Phi) is 6.73. The van der Waals surface area contributed by atoms with Crippen LogP contribution in [0.1, 0.15) is 37.7 Å². The van der Waals surface area contributed by atoms with Gasteiger partial charge in [-0.05, 0) is 50.4 Å². The van der Waals surface area contributed by atoms with Gasteiger partial charge in [0.2, 0.25) is 11.8 Å². The van der Waals surface area contributed by atoms with Crippen LogP contribution in [-0.4, -0.2) is 54.3 Å². The van der Waals surface area contributed by atoms with Gasteiger partial charge >= 0.3 is 6.18 Å². The maximum Gasteiger partial charge on any atom is 0.416 e. The monoisotopic (exact) mass is 431 g/mol. The Morgan fingerprint density at radius 3 is 2.59 bits per heavy atom. The number of benzene rings is 1. The molecule has 1 aromatic carbocycles. The average molecular weight is 432 g/mol. The van der Waals surface area contributed by atoms with Crippen molar-refractivity contribution in [3.8, 4) is 0 Å². The molecule has 1 saturated carbocycles. The number of hydrogen-bond acceptors (Lipinski definition) is 3. The molecule has 1 unspecified atom stereocenters. The van der Waals surface area contributed by atoms with Crippen molar-refractivity contribution in [2.45, 2.75) is 44.3 Å². The van der Waals surface area contributed by atoms with E-state index in [2.05, 4.69) is 5.32 Å². The van der Waals surface area contributed by atoms with Crippen molar-refractivity contribution in [3.05, 3.63) is 28.8 Å². The Morgan fingerprint density at radius 2 is 1.97 bits per heavy atom. The molecule has 2 amide bonds. The van der Waals surface area contributed by atoms with E-state index in [9.17, 15) is 22.8 Å². The zero-order valence-corrected chi connectivity index (χ0v) is 17.0. The fourth-order valence-electron chi connectivity index (χ4n) is 3.80. The van der Waals surface area contributed by atoms with Crippen LogP contribution < -0.4 is 5.32 Å². The number of rotatable bonds is 5. The van der Waals surface area contributed by atoms with Crippen LogP contribution in [0.3, 0.4) is 0 Å². The van der Waals surface area contributed by atoms with E-state index < -0.39 is 17.6 Å². The summed E-state index contributed by atoms with van der Waals surface area (Å²) in [6.45, 7) is 1.30. The van der Waals surface area contributed by atoms with Crippen LogP contribution >= 0.6 is 11.6 Å². The standard InChI is InChI=1S/C20H25ClF3N3O2/c1-26(19(29)13-4-2-5-13)15-6-3-9-27(11-15)12-18(28)25-17-10-14(20(22,23)24)7-8-16(17)21/h7-8,10,13,15H,2-6,9,11-12H2,1H3,(H,25,28). The van der Waals surface area contributed by atoms with E-state index in [-0.39, 0.29) is 35.1 Å². The normalized spacial score (nSPS) is 20.8. The number of halogens is 4. The van der Waals surface area contributed by atoms with Crippen molar-refractivity contribution in [1.82, 2.24) is 9.80 Å². The van der Waals surface area contributed by atoms with Gasteiger partial charge in [0.05, 0.1) is 22.8 Å². The van der Waals surface area contributed by atoms with Crippen LogP contribution in [0.25, 0.3) is 0 Å². The van der Waals surface area contributed by atoms with Crippen molar-refractivity contribution in [3.63, 3.8) is 0 Å². The second-order valence-electron chi connectivity index (χ2n) is 7.85. The molecule has 5 nitrogen and oxygen atoms in total. The summed E-state index contributed by atoms with van der Waals surface area (Å²) < 4.78 is 38.7. The molecule has 160 valence electrons.